The lowest BCUT2D eigenvalue weighted by molar-refractivity contribution is -0.141. The second-order valence-electron chi connectivity index (χ2n) is 4.52. The van der Waals surface area contributed by atoms with Crippen LogP contribution in [0.25, 0.3) is 0 Å². The number of hydrogen-bond acceptors (Lipinski definition) is 4. The first-order valence-corrected chi connectivity index (χ1v) is 5.27. The average Bonchev–Trinajstić information content (AvgIpc) is 2.21. The minimum absolute atomic E-state index is 0.0627. The van der Waals surface area contributed by atoms with Gasteiger partial charge in [-0.25, -0.2) is 4.79 Å². The van der Waals surface area contributed by atoms with E-state index < -0.39 is 5.54 Å². The van der Waals surface area contributed by atoms with Crippen LogP contribution in [0.5, 0.6) is 11.5 Å². The highest BCUT2D eigenvalue weighted by atomic mass is 16.5. The number of hydrogen-bond donors (Lipinski definition) is 2. The van der Waals surface area contributed by atoms with Gasteiger partial charge in [0.25, 0.3) is 0 Å². The maximum Gasteiger partial charge on any atom is 0.337 e. The molecular weight excluding hydrogens is 206 g/mol. The largest absolute Gasteiger partial charge is 0.506 e. The maximum atomic E-state index is 11.9. The normalized spacial score (nSPS) is 23.6. The number of carbonyl (C=O) groups excluding carboxylic acids is 1. The number of ether oxygens (including phenoxy) is 1. The van der Waals surface area contributed by atoms with Gasteiger partial charge in [-0.1, -0.05) is 19.9 Å². The fourth-order valence-corrected chi connectivity index (χ4v) is 1.63. The molecule has 0 aliphatic carbocycles. The molecule has 4 nitrogen and oxygen atoms in total. The van der Waals surface area contributed by atoms with E-state index in [0.717, 1.165) is 0 Å². The fourth-order valence-electron chi connectivity index (χ4n) is 1.63. The van der Waals surface area contributed by atoms with E-state index in [9.17, 15) is 9.90 Å². The number of aromatic hydroxyl groups is 1. The summed E-state index contributed by atoms with van der Waals surface area (Å²) in [4.78, 5) is 11.9. The summed E-state index contributed by atoms with van der Waals surface area (Å²) in [5.74, 6) is 0.216. The lowest BCUT2D eigenvalue weighted by Crippen LogP contribution is -2.52. The zero-order chi connectivity index (χ0) is 11.9. The molecule has 0 fully saturated rings. The van der Waals surface area contributed by atoms with E-state index in [0.29, 0.717) is 11.4 Å². The fraction of sp³-hybridized carbons (Fsp3) is 0.417. The number of para-hydroxylation sites is 1. The van der Waals surface area contributed by atoms with Gasteiger partial charge < -0.3 is 15.2 Å². The molecule has 1 unspecified atom stereocenters. The molecule has 1 aromatic carbocycles. The number of phenols is 1. The van der Waals surface area contributed by atoms with Gasteiger partial charge in [-0.3, -0.25) is 0 Å². The van der Waals surface area contributed by atoms with Crippen LogP contribution in [0.2, 0.25) is 0 Å². The minimum Gasteiger partial charge on any atom is -0.506 e. The third kappa shape index (κ3) is 1.41. The van der Waals surface area contributed by atoms with Gasteiger partial charge in [0.15, 0.2) is 5.75 Å². The Balaban J connectivity index is 2.49. The van der Waals surface area contributed by atoms with Gasteiger partial charge in [0, 0.05) is 0 Å². The van der Waals surface area contributed by atoms with E-state index in [1.807, 2.05) is 13.8 Å². The number of anilines is 1. The van der Waals surface area contributed by atoms with Crippen LogP contribution in [0.4, 0.5) is 5.69 Å². The molecule has 0 aromatic heterocycles. The van der Waals surface area contributed by atoms with Crippen molar-refractivity contribution in [1.29, 1.82) is 0 Å². The Labute approximate surface area is 94.2 Å². The van der Waals surface area contributed by atoms with Crippen LogP contribution in [0.15, 0.2) is 18.2 Å². The molecule has 0 bridgehead atoms. The predicted octanol–water partition coefficient (Wildman–Crippen LogP) is 2.14. The summed E-state index contributed by atoms with van der Waals surface area (Å²) in [7, 11) is 0. The van der Waals surface area contributed by atoms with Crippen LogP contribution in [-0.2, 0) is 4.79 Å². The van der Waals surface area contributed by atoms with Gasteiger partial charge in [0.2, 0.25) is 0 Å². The van der Waals surface area contributed by atoms with Crippen LogP contribution >= 0.6 is 0 Å². The van der Waals surface area contributed by atoms with E-state index in [1.165, 1.54) is 0 Å². The van der Waals surface area contributed by atoms with Gasteiger partial charge in [0.1, 0.15) is 17.0 Å². The summed E-state index contributed by atoms with van der Waals surface area (Å²) in [6.45, 7) is 5.63. The van der Waals surface area contributed by atoms with Crippen molar-refractivity contribution in [1.82, 2.24) is 0 Å². The number of fused-ring (bicyclic) bond motifs is 1. The molecule has 2 rings (SSSR count). The molecule has 2 N–H and O–H groups in total. The SMILES string of the molecule is CC(C)C1(C)Nc2c(O)cccc2OC1=O. The number of rotatable bonds is 1. The molecule has 86 valence electrons. The van der Waals surface area contributed by atoms with Crippen molar-refractivity contribution < 1.29 is 14.6 Å². The highest BCUT2D eigenvalue weighted by Gasteiger charge is 2.43. The third-order valence-electron chi connectivity index (χ3n) is 3.17. The topological polar surface area (TPSA) is 58.6 Å². The zero-order valence-corrected chi connectivity index (χ0v) is 9.57. The highest BCUT2D eigenvalue weighted by Crippen LogP contribution is 2.41. The Hall–Kier alpha value is -1.71. The molecule has 16 heavy (non-hydrogen) atoms. The van der Waals surface area contributed by atoms with E-state index in [2.05, 4.69) is 5.32 Å². The average molecular weight is 221 g/mol. The molecule has 0 amide bonds. The Morgan fingerprint density at radius 1 is 1.44 bits per heavy atom. The van der Waals surface area contributed by atoms with Crippen LogP contribution in [0.1, 0.15) is 20.8 Å². The monoisotopic (exact) mass is 221 g/mol. The second kappa shape index (κ2) is 3.40. The number of carbonyl (C=O) groups is 1. The number of benzene rings is 1. The Morgan fingerprint density at radius 2 is 2.12 bits per heavy atom. The summed E-state index contributed by atoms with van der Waals surface area (Å²) in [6.07, 6.45) is 0. The van der Waals surface area contributed by atoms with Crippen molar-refractivity contribution in [3.8, 4) is 11.5 Å². The lowest BCUT2D eigenvalue weighted by atomic mass is 9.87. The van der Waals surface area contributed by atoms with Crippen LogP contribution in [0.3, 0.4) is 0 Å². The number of phenolic OH excluding ortho intramolecular Hbond substituents is 1. The summed E-state index contributed by atoms with van der Waals surface area (Å²) in [5.41, 5.74) is -0.315. The first-order valence-electron chi connectivity index (χ1n) is 5.27. The molecule has 1 aromatic rings. The molecular formula is C12H15NO3. The molecule has 1 heterocycles. The van der Waals surface area contributed by atoms with E-state index in [1.54, 1.807) is 25.1 Å². The molecule has 0 saturated heterocycles. The molecule has 0 saturated carbocycles. The molecule has 0 spiro atoms. The predicted molar refractivity (Wildman–Crippen MR) is 60.6 cm³/mol. The first-order chi connectivity index (χ1) is 7.45. The third-order valence-corrected chi connectivity index (χ3v) is 3.17. The Kier molecular flexibility index (Phi) is 2.30. The number of nitrogens with one attached hydrogen (secondary N) is 1. The van der Waals surface area contributed by atoms with Crippen molar-refractivity contribution in [3.63, 3.8) is 0 Å². The molecule has 4 heteroatoms. The zero-order valence-electron chi connectivity index (χ0n) is 9.57. The van der Waals surface area contributed by atoms with Crippen molar-refractivity contribution in [3.05, 3.63) is 18.2 Å². The first kappa shape index (κ1) is 10.8. The van der Waals surface area contributed by atoms with Crippen LogP contribution < -0.4 is 10.1 Å². The summed E-state index contributed by atoms with van der Waals surface area (Å²) >= 11 is 0. The molecule has 1 atom stereocenters. The van der Waals surface area contributed by atoms with E-state index >= 15 is 0 Å². The van der Waals surface area contributed by atoms with Gasteiger partial charge in [-0.05, 0) is 25.0 Å². The van der Waals surface area contributed by atoms with E-state index in [4.69, 9.17) is 4.74 Å². The van der Waals surface area contributed by atoms with Crippen LogP contribution in [0, 0.1) is 5.92 Å². The molecule has 1 aliphatic rings. The van der Waals surface area contributed by atoms with E-state index in [-0.39, 0.29) is 17.6 Å². The quantitative estimate of drug-likeness (QED) is 0.433. The van der Waals surface area contributed by atoms with Crippen LogP contribution in [-0.4, -0.2) is 16.6 Å². The minimum atomic E-state index is -0.800. The maximum absolute atomic E-state index is 11.9. The van der Waals surface area contributed by atoms with Gasteiger partial charge in [-0.2, -0.15) is 0 Å². The van der Waals surface area contributed by atoms with Crippen molar-refractivity contribution >= 4 is 11.7 Å². The Bertz CT molecular complexity index is 442. The van der Waals surface area contributed by atoms with Gasteiger partial charge >= 0.3 is 5.97 Å². The van der Waals surface area contributed by atoms with Crippen molar-refractivity contribution in [2.24, 2.45) is 5.92 Å². The summed E-state index contributed by atoms with van der Waals surface area (Å²) in [5, 5.41) is 12.8. The van der Waals surface area contributed by atoms with Gasteiger partial charge in [0.05, 0.1) is 0 Å². The smallest absolute Gasteiger partial charge is 0.337 e. The molecule has 1 aliphatic heterocycles. The summed E-state index contributed by atoms with van der Waals surface area (Å²) in [6, 6.07) is 4.85. The van der Waals surface area contributed by atoms with Crippen molar-refractivity contribution in [2.75, 3.05) is 5.32 Å². The molecule has 0 radical (unpaired) electrons. The van der Waals surface area contributed by atoms with Gasteiger partial charge in [-0.15, -0.1) is 0 Å². The number of esters is 1. The summed E-state index contributed by atoms with van der Waals surface area (Å²) < 4.78 is 5.23. The second-order valence-corrected chi connectivity index (χ2v) is 4.52. The van der Waals surface area contributed by atoms with Crippen molar-refractivity contribution in [2.45, 2.75) is 26.3 Å². The highest BCUT2D eigenvalue weighted by molar-refractivity contribution is 5.92. The Morgan fingerprint density at radius 3 is 2.75 bits per heavy atom. The standard InChI is InChI=1S/C12H15NO3/c1-7(2)12(3)11(15)16-9-6-4-5-8(14)10(9)13-12/h4-7,13-14H,1-3H3. The lowest BCUT2D eigenvalue weighted by Gasteiger charge is -2.37.